The van der Waals surface area contributed by atoms with E-state index in [1.165, 1.54) is 23.4 Å². The molecule has 1 aromatic heterocycles. The Morgan fingerprint density at radius 3 is 2.74 bits per heavy atom. The number of hydrogen-bond donors (Lipinski definition) is 1. The molecule has 31 heavy (non-hydrogen) atoms. The van der Waals surface area contributed by atoms with Crippen molar-refractivity contribution in [1.82, 2.24) is 15.2 Å². The van der Waals surface area contributed by atoms with E-state index in [0.717, 1.165) is 44.2 Å². The SMILES string of the molecule is Cc1ccc(Cl)cc1N1CCN(CCCNC(=O)c2ccnc3ccc(F)cc23)CC1. The van der Waals surface area contributed by atoms with E-state index >= 15 is 0 Å². The van der Waals surface area contributed by atoms with Crippen molar-refractivity contribution in [2.45, 2.75) is 13.3 Å². The van der Waals surface area contributed by atoms with Gasteiger partial charge in [0, 0.05) is 55.0 Å². The van der Waals surface area contributed by atoms with Crippen LogP contribution in [0.15, 0.2) is 48.7 Å². The van der Waals surface area contributed by atoms with Gasteiger partial charge < -0.3 is 10.2 Å². The van der Waals surface area contributed by atoms with Crippen LogP contribution in [0, 0.1) is 12.7 Å². The van der Waals surface area contributed by atoms with E-state index in [1.807, 2.05) is 12.1 Å². The number of aryl methyl sites for hydroxylation is 1. The van der Waals surface area contributed by atoms with Crippen molar-refractivity contribution >= 4 is 34.1 Å². The van der Waals surface area contributed by atoms with Gasteiger partial charge in [0.1, 0.15) is 5.82 Å². The first-order valence-electron chi connectivity index (χ1n) is 10.6. The van der Waals surface area contributed by atoms with Crippen LogP contribution in [-0.4, -0.2) is 55.1 Å². The molecule has 162 valence electrons. The topological polar surface area (TPSA) is 48.5 Å². The van der Waals surface area contributed by atoms with Crippen molar-refractivity contribution in [2.24, 2.45) is 0 Å². The van der Waals surface area contributed by atoms with E-state index in [9.17, 15) is 9.18 Å². The molecule has 1 N–H and O–H groups in total. The van der Waals surface area contributed by atoms with Gasteiger partial charge in [-0.2, -0.15) is 0 Å². The van der Waals surface area contributed by atoms with E-state index in [2.05, 4.69) is 33.1 Å². The largest absolute Gasteiger partial charge is 0.369 e. The third-order valence-electron chi connectivity index (χ3n) is 5.77. The molecule has 5 nitrogen and oxygen atoms in total. The van der Waals surface area contributed by atoms with Gasteiger partial charge in [0.15, 0.2) is 0 Å². The highest BCUT2D eigenvalue weighted by Crippen LogP contribution is 2.25. The quantitative estimate of drug-likeness (QED) is 0.581. The summed E-state index contributed by atoms with van der Waals surface area (Å²) in [5, 5.41) is 4.26. The first-order valence-corrected chi connectivity index (χ1v) is 10.9. The fourth-order valence-corrected chi connectivity index (χ4v) is 4.22. The zero-order valence-corrected chi connectivity index (χ0v) is 18.3. The number of aromatic nitrogens is 1. The Bertz CT molecular complexity index is 1080. The summed E-state index contributed by atoms with van der Waals surface area (Å²) in [7, 11) is 0. The summed E-state index contributed by atoms with van der Waals surface area (Å²) in [4.78, 5) is 21.6. The van der Waals surface area contributed by atoms with Crippen molar-refractivity contribution in [3.05, 3.63) is 70.6 Å². The van der Waals surface area contributed by atoms with Crippen molar-refractivity contribution in [3.63, 3.8) is 0 Å². The van der Waals surface area contributed by atoms with Crippen LogP contribution in [0.1, 0.15) is 22.3 Å². The summed E-state index contributed by atoms with van der Waals surface area (Å²) in [5.74, 6) is -0.569. The summed E-state index contributed by atoms with van der Waals surface area (Å²) < 4.78 is 13.6. The van der Waals surface area contributed by atoms with Crippen LogP contribution < -0.4 is 10.2 Å². The maximum atomic E-state index is 13.6. The molecule has 0 aliphatic carbocycles. The van der Waals surface area contributed by atoms with Gasteiger partial charge in [0.05, 0.1) is 11.1 Å². The average Bonchev–Trinajstić information content (AvgIpc) is 2.78. The minimum absolute atomic E-state index is 0.195. The number of rotatable bonds is 6. The third kappa shape index (κ3) is 5.14. The second-order valence-corrected chi connectivity index (χ2v) is 8.33. The number of carbonyl (C=O) groups is 1. The van der Waals surface area contributed by atoms with Crippen LogP contribution in [0.5, 0.6) is 0 Å². The molecule has 3 aromatic rings. The third-order valence-corrected chi connectivity index (χ3v) is 6.00. The zero-order valence-electron chi connectivity index (χ0n) is 17.6. The van der Waals surface area contributed by atoms with E-state index < -0.39 is 0 Å². The summed E-state index contributed by atoms with van der Waals surface area (Å²) >= 11 is 6.17. The van der Waals surface area contributed by atoms with Gasteiger partial charge in [-0.25, -0.2) is 4.39 Å². The second-order valence-electron chi connectivity index (χ2n) is 7.89. The van der Waals surface area contributed by atoms with E-state index in [1.54, 1.807) is 18.3 Å². The van der Waals surface area contributed by atoms with Crippen molar-refractivity contribution in [1.29, 1.82) is 0 Å². The van der Waals surface area contributed by atoms with Crippen LogP contribution in [-0.2, 0) is 0 Å². The molecular formula is C24H26ClFN4O. The highest BCUT2D eigenvalue weighted by molar-refractivity contribution is 6.30. The van der Waals surface area contributed by atoms with Gasteiger partial charge in [-0.3, -0.25) is 14.7 Å². The van der Waals surface area contributed by atoms with Crippen LogP contribution in [0.2, 0.25) is 5.02 Å². The van der Waals surface area contributed by atoms with E-state index in [0.29, 0.717) is 23.0 Å². The number of amides is 1. The highest BCUT2D eigenvalue weighted by atomic mass is 35.5. The molecule has 1 fully saturated rings. The molecule has 4 rings (SSSR count). The van der Waals surface area contributed by atoms with Gasteiger partial charge >= 0.3 is 0 Å². The number of halogens is 2. The summed E-state index contributed by atoms with van der Waals surface area (Å²) in [6.07, 6.45) is 2.44. The van der Waals surface area contributed by atoms with Crippen LogP contribution in [0.3, 0.4) is 0 Å². The van der Waals surface area contributed by atoms with Gasteiger partial charge in [0.2, 0.25) is 0 Å². The molecule has 0 bridgehead atoms. The zero-order chi connectivity index (χ0) is 21.8. The van der Waals surface area contributed by atoms with Crippen LogP contribution in [0.25, 0.3) is 10.9 Å². The fraction of sp³-hybridized carbons (Fsp3) is 0.333. The van der Waals surface area contributed by atoms with E-state index in [4.69, 9.17) is 11.6 Å². The minimum Gasteiger partial charge on any atom is -0.369 e. The van der Waals surface area contributed by atoms with E-state index in [-0.39, 0.29) is 11.7 Å². The highest BCUT2D eigenvalue weighted by Gasteiger charge is 2.18. The molecular weight excluding hydrogens is 415 g/mol. The number of carbonyl (C=O) groups excluding carboxylic acids is 1. The number of fused-ring (bicyclic) bond motifs is 1. The summed E-state index contributed by atoms with van der Waals surface area (Å²) in [6, 6.07) is 12.0. The number of benzene rings is 2. The number of anilines is 1. The monoisotopic (exact) mass is 440 g/mol. The lowest BCUT2D eigenvalue weighted by Gasteiger charge is -2.37. The van der Waals surface area contributed by atoms with Gasteiger partial charge in [-0.15, -0.1) is 0 Å². The minimum atomic E-state index is -0.373. The van der Waals surface area contributed by atoms with Crippen molar-refractivity contribution in [2.75, 3.05) is 44.2 Å². The normalized spacial score (nSPS) is 14.7. The molecule has 2 aromatic carbocycles. The predicted octanol–water partition coefficient (Wildman–Crippen LogP) is 4.28. The van der Waals surface area contributed by atoms with Crippen LogP contribution in [0.4, 0.5) is 10.1 Å². The van der Waals surface area contributed by atoms with Crippen molar-refractivity contribution in [3.8, 4) is 0 Å². The maximum absolute atomic E-state index is 13.6. The molecule has 1 saturated heterocycles. The molecule has 1 amide bonds. The Hall–Kier alpha value is -2.70. The first-order chi connectivity index (χ1) is 15.0. The lowest BCUT2D eigenvalue weighted by atomic mass is 10.1. The smallest absolute Gasteiger partial charge is 0.252 e. The fourth-order valence-electron chi connectivity index (χ4n) is 4.05. The lowest BCUT2D eigenvalue weighted by molar-refractivity contribution is 0.0953. The molecule has 0 atom stereocenters. The number of piperazine rings is 1. The summed E-state index contributed by atoms with van der Waals surface area (Å²) in [5.41, 5.74) is 3.52. The van der Waals surface area contributed by atoms with Crippen LogP contribution >= 0.6 is 11.6 Å². The first kappa shape index (κ1) is 21.5. The molecule has 2 heterocycles. The molecule has 1 aliphatic rings. The maximum Gasteiger partial charge on any atom is 0.252 e. The molecule has 7 heteroatoms. The number of nitrogens with zero attached hydrogens (tertiary/aromatic N) is 3. The second kappa shape index (κ2) is 9.62. The predicted molar refractivity (Wildman–Crippen MR) is 123 cm³/mol. The van der Waals surface area contributed by atoms with Crippen molar-refractivity contribution < 1.29 is 9.18 Å². The number of hydrogen-bond acceptors (Lipinski definition) is 4. The van der Waals surface area contributed by atoms with Gasteiger partial charge in [-0.1, -0.05) is 17.7 Å². The number of pyridine rings is 1. The molecule has 0 radical (unpaired) electrons. The standard InChI is InChI=1S/C24H26ClFN4O/c1-17-3-4-18(25)15-23(17)30-13-11-29(12-14-30)10-2-8-28-24(31)20-7-9-27-22-6-5-19(26)16-21(20)22/h3-7,9,15-16H,2,8,10-14H2,1H3,(H,28,31). The Morgan fingerprint density at radius 1 is 1.13 bits per heavy atom. The van der Waals surface area contributed by atoms with Gasteiger partial charge in [-0.05, 0) is 61.9 Å². The Labute approximate surface area is 186 Å². The molecule has 0 saturated carbocycles. The molecule has 1 aliphatic heterocycles. The summed E-state index contributed by atoms with van der Waals surface area (Å²) in [6.45, 7) is 7.49. The Kier molecular flexibility index (Phi) is 6.68. The van der Waals surface area contributed by atoms with Gasteiger partial charge in [0.25, 0.3) is 5.91 Å². The lowest BCUT2D eigenvalue weighted by Crippen LogP contribution is -2.47. The molecule has 0 spiro atoms. The molecule has 0 unspecified atom stereocenters. The number of nitrogens with one attached hydrogen (secondary N) is 1. The Morgan fingerprint density at radius 2 is 1.94 bits per heavy atom. The average molecular weight is 441 g/mol. The Balaban J connectivity index is 1.24.